The van der Waals surface area contributed by atoms with Gasteiger partial charge in [0.15, 0.2) is 5.65 Å². The second-order valence-electron chi connectivity index (χ2n) is 3.98. The third-order valence-corrected chi connectivity index (χ3v) is 2.72. The third-order valence-electron chi connectivity index (χ3n) is 2.72. The van der Waals surface area contributed by atoms with Gasteiger partial charge in [0, 0.05) is 18.2 Å². The van der Waals surface area contributed by atoms with Crippen LogP contribution in [0.1, 0.15) is 5.56 Å². The molecule has 0 atom stereocenters. The van der Waals surface area contributed by atoms with Crippen molar-refractivity contribution in [1.29, 1.82) is 0 Å². The van der Waals surface area contributed by atoms with E-state index < -0.39 is 4.92 Å². The third kappa shape index (κ3) is 2.23. The lowest BCUT2D eigenvalue weighted by molar-refractivity contribution is -0.385. The number of benzene rings is 1. The van der Waals surface area contributed by atoms with Gasteiger partial charge in [-0.25, -0.2) is 0 Å². The molecule has 100 valence electrons. The summed E-state index contributed by atoms with van der Waals surface area (Å²) in [6.45, 7) is 0.289. The molecular weight excluding hydrogens is 262 g/mol. The summed E-state index contributed by atoms with van der Waals surface area (Å²) in [7, 11) is 0. The van der Waals surface area contributed by atoms with Crippen molar-refractivity contribution in [3.05, 3.63) is 52.1 Å². The van der Waals surface area contributed by atoms with Gasteiger partial charge in [-0.3, -0.25) is 10.1 Å². The summed E-state index contributed by atoms with van der Waals surface area (Å²) in [5.74, 6) is 0.531. The van der Waals surface area contributed by atoms with Crippen molar-refractivity contribution in [3.63, 3.8) is 0 Å². The molecule has 1 N–H and O–H groups in total. The molecule has 0 unspecified atom stereocenters. The van der Waals surface area contributed by atoms with Crippen molar-refractivity contribution >= 4 is 17.2 Å². The Kier molecular flexibility index (Phi) is 2.92. The molecule has 2 heterocycles. The van der Waals surface area contributed by atoms with Crippen LogP contribution in [-0.4, -0.2) is 30.2 Å². The SMILES string of the molecule is O=[N+]([O-])c1ccccc1CNc1ccc2nnnn2n1. The largest absolute Gasteiger partial charge is 0.364 e. The van der Waals surface area contributed by atoms with Gasteiger partial charge < -0.3 is 5.32 Å². The fourth-order valence-corrected chi connectivity index (χ4v) is 1.77. The Bertz CT molecular complexity index is 770. The van der Waals surface area contributed by atoms with Crippen LogP contribution in [0.15, 0.2) is 36.4 Å². The molecule has 0 amide bonds. The molecule has 2 aromatic heterocycles. The number of hydrogen-bond acceptors (Lipinski definition) is 7. The van der Waals surface area contributed by atoms with Crippen LogP contribution in [0, 0.1) is 10.1 Å². The Morgan fingerprint density at radius 1 is 1.25 bits per heavy atom. The molecular formula is C11H9N7O2. The predicted octanol–water partition coefficient (Wildman–Crippen LogP) is 1.04. The van der Waals surface area contributed by atoms with Crippen LogP contribution >= 0.6 is 0 Å². The van der Waals surface area contributed by atoms with Crippen LogP contribution < -0.4 is 5.32 Å². The minimum Gasteiger partial charge on any atom is -0.364 e. The Morgan fingerprint density at radius 3 is 2.95 bits per heavy atom. The van der Waals surface area contributed by atoms with Gasteiger partial charge >= 0.3 is 0 Å². The monoisotopic (exact) mass is 271 g/mol. The summed E-state index contributed by atoms with van der Waals surface area (Å²) >= 11 is 0. The Balaban J connectivity index is 1.80. The van der Waals surface area contributed by atoms with Gasteiger partial charge in [-0.05, 0) is 22.6 Å². The van der Waals surface area contributed by atoms with Gasteiger partial charge in [0.05, 0.1) is 4.92 Å². The minimum absolute atomic E-state index is 0.0727. The zero-order chi connectivity index (χ0) is 13.9. The number of nitrogens with zero attached hydrogens (tertiary/aromatic N) is 6. The molecule has 20 heavy (non-hydrogen) atoms. The van der Waals surface area contributed by atoms with Crippen LogP contribution in [0.25, 0.3) is 5.65 Å². The molecule has 0 saturated carbocycles. The minimum atomic E-state index is -0.408. The summed E-state index contributed by atoms with van der Waals surface area (Å²) in [6, 6.07) is 9.96. The van der Waals surface area contributed by atoms with Crippen LogP contribution in [0.4, 0.5) is 11.5 Å². The van der Waals surface area contributed by atoms with Crippen molar-refractivity contribution < 1.29 is 4.92 Å². The lowest BCUT2D eigenvalue weighted by atomic mass is 10.2. The summed E-state index contributed by atoms with van der Waals surface area (Å²) in [5.41, 5.74) is 1.18. The van der Waals surface area contributed by atoms with Crippen molar-refractivity contribution in [2.75, 3.05) is 5.32 Å². The molecule has 0 bridgehead atoms. The van der Waals surface area contributed by atoms with Gasteiger partial charge in [0.2, 0.25) is 0 Å². The predicted molar refractivity (Wildman–Crippen MR) is 69.0 cm³/mol. The zero-order valence-corrected chi connectivity index (χ0v) is 10.2. The number of rotatable bonds is 4. The molecule has 9 heteroatoms. The molecule has 1 aromatic carbocycles. The highest BCUT2D eigenvalue weighted by molar-refractivity contribution is 5.45. The first kappa shape index (κ1) is 12.0. The number of fused-ring (bicyclic) bond motifs is 1. The van der Waals surface area contributed by atoms with E-state index in [1.807, 2.05) is 0 Å². The fraction of sp³-hybridized carbons (Fsp3) is 0.0909. The maximum Gasteiger partial charge on any atom is 0.274 e. The number of aromatic nitrogens is 5. The van der Waals surface area contributed by atoms with Gasteiger partial charge in [-0.15, -0.1) is 14.8 Å². The molecule has 0 fully saturated rings. The van der Waals surface area contributed by atoms with Crippen LogP contribution in [-0.2, 0) is 6.54 Å². The first-order valence-corrected chi connectivity index (χ1v) is 5.75. The first-order valence-electron chi connectivity index (χ1n) is 5.75. The summed E-state index contributed by atoms with van der Waals surface area (Å²) in [5, 5.41) is 28.9. The highest BCUT2D eigenvalue weighted by Gasteiger charge is 2.12. The van der Waals surface area contributed by atoms with Crippen LogP contribution in [0.2, 0.25) is 0 Å². The van der Waals surface area contributed by atoms with Gasteiger partial charge in [0.25, 0.3) is 5.69 Å². The molecule has 3 aromatic rings. The average Bonchev–Trinajstić information content (AvgIpc) is 2.92. The highest BCUT2D eigenvalue weighted by atomic mass is 16.6. The molecule has 0 aliphatic rings. The van der Waals surface area contributed by atoms with Crippen molar-refractivity contribution in [2.45, 2.75) is 6.54 Å². The van der Waals surface area contributed by atoms with E-state index in [-0.39, 0.29) is 12.2 Å². The highest BCUT2D eigenvalue weighted by Crippen LogP contribution is 2.18. The van der Waals surface area contributed by atoms with Crippen LogP contribution in [0.5, 0.6) is 0 Å². The first-order chi connectivity index (χ1) is 9.74. The zero-order valence-electron chi connectivity index (χ0n) is 10.2. The molecule has 0 aliphatic heterocycles. The number of hydrogen-bond donors (Lipinski definition) is 1. The number of nitro benzene ring substituents is 1. The Morgan fingerprint density at radius 2 is 2.10 bits per heavy atom. The van der Waals surface area contributed by atoms with Gasteiger partial charge in [-0.2, -0.15) is 0 Å². The number of nitro groups is 1. The molecule has 9 nitrogen and oxygen atoms in total. The second kappa shape index (κ2) is 4.88. The summed E-state index contributed by atoms with van der Waals surface area (Å²) < 4.78 is 1.28. The maximum atomic E-state index is 10.9. The summed E-state index contributed by atoms with van der Waals surface area (Å²) in [4.78, 5) is 10.5. The van der Waals surface area contributed by atoms with E-state index in [1.165, 1.54) is 10.7 Å². The van der Waals surface area contributed by atoms with Crippen molar-refractivity contribution in [2.24, 2.45) is 0 Å². The van der Waals surface area contributed by atoms with E-state index in [2.05, 4.69) is 25.9 Å². The summed E-state index contributed by atoms with van der Waals surface area (Å²) in [6.07, 6.45) is 0. The Labute approximate surface area is 112 Å². The second-order valence-corrected chi connectivity index (χ2v) is 3.98. The van der Waals surface area contributed by atoms with Gasteiger partial charge in [-0.1, -0.05) is 18.2 Å². The van der Waals surface area contributed by atoms with E-state index in [1.54, 1.807) is 30.3 Å². The van der Waals surface area contributed by atoms with E-state index in [9.17, 15) is 10.1 Å². The van der Waals surface area contributed by atoms with Gasteiger partial charge in [0.1, 0.15) is 5.82 Å². The quantitative estimate of drug-likeness (QED) is 0.557. The van der Waals surface area contributed by atoms with Crippen LogP contribution in [0.3, 0.4) is 0 Å². The normalized spacial score (nSPS) is 10.6. The maximum absolute atomic E-state index is 10.9. The number of anilines is 1. The number of nitrogens with one attached hydrogen (secondary N) is 1. The smallest absolute Gasteiger partial charge is 0.274 e. The molecule has 0 saturated heterocycles. The molecule has 0 radical (unpaired) electrons. The van der Waals surface area contributed by atoms with Crippen molar-refractivity contribution in [3.8, 4) is 0 Å². The molecule has 3 rings (SSSR count). The standard InChI is InChI=1S/C11H9N7O2/c19-18(20)9-4-2-1-3-8(9)7-12-10-5-6-11-13-15-16-17(11)14-10/h1-6H,7H2,(H,12,14). The van der Waals surface area contributed by atoms with E-state index in [0.29, 0.717) is 17.0 Å². The van der Waals surface area contributed by atoms with E-state index >= 15 is 0 Å². The topological polar surface area (TPSA) is 111 Å². The van der Waals surface area contributed by atoms with Crippen molar-refractivity contribution in [1.82, 2.24) is 25.3 Å². The van der Waals surface area contributed by atoms with E-state index in [0.717, 1.165) is 0 Å². The molecule has 0 aliphatic carbocycles. The average molecular weight is 271 g/mol. The van der Waals surface area contributed by atoms with E-state index in [4.69, 9.17) is 0 Å². The number of para-hydroxylation sites is 1. The molecule has 0 spiro atoms. The lowest BCUT2D eigenvalue weighted by Gasteiger charge is -2.05. The number of tetrazole rings is 1. The Hall–Kier alpha value is -3.10. The fourth-order valence-electron chi connectivity index (χ4n) is 1.77. The lowest BCUT2D eigenvalue weighted by Crippen LogP contribution is -2.06.